The molecule has 0 unspecified atom stereocenters. The van der Waals surface area contributed by atoms with E-state index in [9.17, 15) is 0 Å². The molecule has 0 heterocycles. The van der Waals surface area contributed by atoms with Crippen molar-refractivity contribution < 1.29 is 0 Å². The summed E-state index contributed by atoms with van der Waals surface area (Å²) in [6.07, 6.45) is 12.5. The molecule has 0 aromatic rings. The van der Waals surface area contributed by atoms with Crippen LogP contribution in [0.15, 0.2) is 0 Å². The summed E-state index contributed by atoms with van der Waals surface area (Å²) in [6, 6.07) is 0. The van der Waals surface area contributed by atoms with E-state index in [-0.39, 0.29) is 0 Å². The van der Waals surface area contributed by atoms with Crippen molar-refractivity contribution in [2.45, 2.75) is 70.6 Å². The van der Waals surface area contributed by atoms with Crippen molar-refractivity contribution in [3.05, 3.63) is 0 Å². The summed E-state index contributed by atoms with van der Waals surface area (Å²) in [7, 11) is 0. The van der Waals surface area contributed by atoms with E-state index in [1.165, 1.54) is 44.9 Å². The van der Waals surface area contributed by atoms with Crippen LogP contribution in [0.5, 0.6) is 0 Å². The van der Waals surface area contributed by atoms with E-state index in [0.29, 0.717) is 11.7 Å². The van der Waals surface area contributed by atoms with Crippen LogP contribution in [0.25, 0.3) is 0 Å². The molecule has 4 nitrogen and oxygen atoms in total. The standard InChI is InChI=1S/C13H28N4/c14-12(15)10-8-6-4-2-1-3-5-7-9-11-13(16)17/h1-11H2,(H3,14,15)(H3,16,17). The van der Waals surface area contributed by atoms with Crippen LogP contribution in [0.3, 0.4) is 0 Å². The molecule has 6 N–H and O–H groups in total. The highest BCUT2D eigenvalue weighted by atomic mass is 14.7. The van der Waals surface area contributed by atoms with Crippen LogP contribution in [0.2, 0.25) is 0 Å². The lowest BCUT2D eigenvalue weighted by atomic mass is 10.1. The lowest BCUT2D eigenvalue weighted by Gasteiger charge is -2.02. The Morgan fingerprint density at radius 3 is 1.00 bits per heavy atom. The molecule has 0 saturated heterocycles. The maximum Gasteiger partial charge on any atom is 0.0905 e. The van der Waals surface area contributed by atoms with Gasteiger partial charge in [-0.3, -0.25) is 10.8 Å². The largest absolute Gasteiger partial charge is 0.388 e. The minimum Gasteiger partial charge on any atom is -0.388 e. The zero-order chi connectivity index (χ0) is 12.9. The molecule has 0 aromatic carbocycles. The molecule has 100 valence electrons. The van der Waals surface area contributed by atoms with Crippen LogP contribution in [0, 0.1) is 10.8 Å². The minimum atomic E-state index is 0.315. The van der Waals surface area contributed by atoms with Crippen molar-refractivity contribution in [1.82, 2.24) is 0 Å². The molecule has 0 atom stereocenters. The molecular formula is C13H28N4. The van der Waals surface area contributed by atoms with Gasteiger partial charge in [-0.15, -0.1) is 0 Å². The monoisotopic (exact) mass is 240 g/mol. The molecule has 0 bridgehead atoms. The number of nitrogens with one attached hydrogen (secondary N) is 2. The van der Waals surface area contributed by atoms with Gasteiger partial charge < -0.3 is 11.5 Å². The Labute approximate surface area is 105 Å². The van der Waals surface area contributed by atoms with Crippen molar-refractivity contribution in [1.29, 1.82) is 10.8 Å². The third-order valence-corrected chi connectivity index (χ3v) is 2.89. The van der Waals surface area contributed by atoms with E-state index in [4.69, 9.17) is 22.3 Å². The first-order valence-electron chi connectivity index (χ1n) is 6.78. The molecule has 0 aromatic heterocycles. The van der Waals surface area contributed by atoms with E-state index in [1.54, 1.807) is 0 Å². The van der Waals surface area contributed by atoms with Gasteiger partial charge >= 0.3 is 0 Å². The van der Waals surface area contributed by atoms with Crippen molar-refractivity contribution in [3.8, 4) is 0 Å². The predicted molar refractivity (Wildman–Crippen MR) is 74.6 cm³/mol. The summed E-state index contributed by atoms with van der Waals surface area (Å²) in [6.45, 7) is 0. The summed E-state index contributed by atoms with van der Waals surface area (Å²) >= 11 is 0. The van der Waals surface area contributed by atoms with Crippen LogP contribution >= 0.6 is 0 Å². The second-order valence-electron chi connectivity index (χ2n) is 4.73. The fraction of sp³-hybridized carbons (Fsp3) is 0.846. The average Bonchev–Trinajstić information content (AvgIpc) is 2.25. The molecule has 0 fully saturated rings. The summed E-state index contributed by atoms with van der Waals surface area (Å²) in [5, 5.41) is 14.2. The maximum absolute atomic E-state index is 7.09. The second-order valence-corrected chi connectivity index (χ2v) is 4.73. The van der Waals surface area contributed by atoms with Gasteiger partial charge in [0.05, 0.1) is 11.7 Å². The average molecular weight is 240 g/mol. The normalized spacial score (nSPS) is 10.4. The number of hydrogen-bond donors (Lipinski definition) is 4. The predicted octanol–water partition coefficient (Wildman–Crippen LogP) is 3.15. The number of hydrogen-bond acceptors (Lipinski definition) is 2. The van der Waals surface area contributed by atoms with Gasteiger partial charge in [0.25, 0.3) is 0 Å². The first-order valence-corrected chi connectivity index (χ1v) is 6.78. The highest BCUT2D eigenvalue weighted by Gasteiger charge is 1.94. The summed E-state index contributed by atoms with van der Waals surface area (Å²) in [5.41, 5.74) is 10.6. The lowest BCUT2D eigenvalue weighted by molar-refractivity contribution is 0.564. The zero-order valence-electron chi connectivity index (χ0n) is 10.9. The first-order chi connectivity index (χ1) is 8.13. The van der Waals surface area contributed by atoms with Crippen molar-refractivity contribution in [2.24, 2.45) is 11.5 Å². The maximum atomic E-state index is 7.09. The quantitative estimate of drug-likeness (QED) is 0.239. The molecule has 0 spiro atoms. The Morgan fingerprint density at radius 2 is 0.765 bits per heavy atom. The Hall–Kier alpha value is -1.06. The Morgan fingerprint density at radius 1 is 0.529 bits per heavy atom. The van der Waals surface area contributed by atoms with E-state index < -0.39 is 0 Å². The number of amidine groups is 2. The van der Waals surface area contributed by atoms with Gasteiger partial charge in [-0.1, -0.05) is 44.9 Å². The van der Waals surface area contributed by atoms with Crippen molar-refractivity contribution in [3.63, 3.8) is 0 Å². The lowest BCUT2D eigenvalue weighted by Crippen LogP contribution is -2.08. The Bertz CT molecular complexity index is 191. The molecule has 0 aliphatic heterocycles. The van der Waals surface area contributed by atoms with Crippen molar-refractivity contribution in [2.75, 3.05) is 0 Å². The van der Waals surface area contributed by atoms with Crippen LogP contribution in [0.1, 0.15) is 70.6 Å². The molecule has 0 aliphatic carbocycles. The molecule has 0 amide bonds. The van der Waals surface area contributed by atoms with Gasteiger partial charge in [-0.25, -0.2) is 0 Å². The van der Waals surface area contributed by atoms with Crippen LogP contribution in [0.4, 0.5) is 0 Å². The van der Waals surface area contributed by atoms with E-state index in [2.05, 4.69) is 0 Å². The minimum absolute atomic E-state index is 0.315. The molecular weight excluding hydrogens is 212 g/mol. The number of rotatable bonds is 12. The number of nitrogens with two attached hydrogens (primary N) is 2. The molecule has 4 heteroatoms. The van der Waals surface area contributed by atoms with E-state index >= 15 is 0 Å². The third-order valence-electron chi connectivity index (χ3n) is 2.89. The molecule has 0 aliphatic rings. The van der Waals surface area contributed by atoms with Crippen LogP contribution in [-0.2, 0) is 0 Å². The zero-order valence-corrected chi connectivity index (χ0v) is 10.9. The van der Waals surface area contributed by atoms with Crippen LogP contribution < -0.4 is 11.5 Å². The van der Waals surface area contributed by atoms with Gasteiger partial charge in [0.1, 0.15) is 0 Å². The topological polar surface area (TPSA) is 99.7 Å². The van der Waals surface area contributed by atoms with Gasteiger partial charge in [0, 0.05) is 12.8 Å². The summed E-state index contributed by atoms with van der Waals surface area (Å²) < 4.78 is 0. The van der Waals surface area contributed by atoms with E-state index in [0.717, 1.165) is 25.7 Å². The van der Waals surface area contributed by atoms with Gasteiger partial charge in [0.15, 0.2) is 0 Å². The first kappa shape index (κ1) is 15.9. The van der Waals surface area contributed by atoms with Crippen molar-refractivity contribution >= 4 is 11.7 Å². The fourth-order valence-electron chi connectivity index (χ4n) is 1.87. The summed E-state index contributed by atoms with van der Waals surface area (Å²) in [4.78, 5) is 0. The molecule has 0 rings (SSSR count). The second kappa shape index (κ2) is 11.4. The molecule has 0 radical (unpaired) electrons. The smallest absolute Gasteiger partial charge is 0.0905 e. The number of unbranched alkanes of at least 4 members (excludes halogenated alkanes) is 8. The Balaban J connectivity index is 2.98. The SMILES string of the molecule is N=C(N)CCCCCCCCCCCC(=N)N. The van der Waals surface area contributed by atoms with Crippen LogP contribution in [-0.4, -0.2) is 11.7 Å². The molecule has 0 saturated carbocycles. The van der Waals surface area contributed by atoms with Gasteiger partial charge in [-0.2, -0.15) is 0 Å². The van der Waals surface area contributed by atoms with E-state index in [1.807, 2.05) is 0 Å². The van der Waals surface area contributed by atoms with Gasteiger partial charge in [-0.05, 0) is 12.8 Å². The van der Waals surface area contributed by atoms with Gasteiger partial charge in [0.2, 0.25) is 0 Å². The molecule has 17 heavy (non-hydrogen) atoms. The Kier molecular flexibility index (Phi) is 10.7. The fourth-order valence-corrected chi connectivity index (χ4v) is 1.87. The third kappa shape index (κ3) is 14.9. The summed E-state index contributed by atoms with van der Waals surface area (Å²) in [5.74, 6) is 0.631. The highest BCUT2D eigenvalue weighted by molar-refractivity contribution is 5.76. The highest BCUT2D eigenvalue weighted by Crippen LogP contribution is 2.11.